The van der Waals surface area contributed by atoms with Crippen molar-refractivity contribution in [2.24, 2.45) is 0 Å². The van der Waals surface area contributed by atoms with Crippen molar-refractivity contribution in [3.63, 3.8) is 0 Å². The van der Waals surface area contributed by atoms with Gasteiger partial charge in [-0.15, -0.1) is 0 Å². The van der Waals surface area contributed by atoms with E-state index in [0.717, 1.165) is 24.8 Å². The lowest BCUT2D eigenvalue weighted by atomic mass is 10.0. The molecule has 0 heterocycles. The summed E-state index contributed by atoms with van der Waals surface area (Å²) in [6.45, 7) is 1.98. The van der Waals surface area contributed by atoms with Crippen LogP contribution in [0.4, 0.5) is 0 Å². The molecule has 0 aliphatic heterocycles. The minimum Gasteiger partial charge on any atom is -0.223 e. The Kier molecular flexibility index (Phi) is 4.03. The molecule has 0 aromatic heterocycles. The average Bonchev–Trinajstić information content (AvgIpc) is 2.82. The molecule has 1 aromatic carbocycles. The van der Waals surface area contributed by atoms with Crippen LogP contribution >= 0.6 is 0 Å². The minimum absolute atomic E-state index is 0.270. The van der Waals surface area contributed by atoms with Gasteiger partial charge in [-0.05, 0) is 63.2 Å². The highest BCUT2D eigenvalue weighted by atomic mass is 32.2. The second-order valence-corrected chi connectivity index (χ2v) is 8.39. The summed E-state index contributed by atoms with van der Waals surface area (Å²) in [7, 11) is -3.21. The van der Waals surface area contributed by atoms with Crippen LogP contribution in [0.1, 0.15) is 44.1 Å². The van der Waals surface area contributed by atoms with Gasteiger partial charge in [0.15, 0.2) is 9.84 Å². The Morgan fingerprint density at radius 3 is 2.57 bits per heavy atom. The van der Waals surface area contributed by atoms with Gasteiger partial charge in [-0.2, -0.15) is 0 Å². The fourth-order valence-corrected chi connectivity index (χ4v) is 5.00. The van der Waals surface area contributed by atoms with E-state index in [2.05, 4.69) is 12.2 Å². The molecule has 112 valence electrons. The van der Waals surface area contributed by atoms with Crippen LogP contribution in [0.5, 0.6) is 0 Å². The van der Waals surface area contributed by atoms with E-state index < -0.39 is 9.84 Å². The lowest BCUT2D eigenvalue weighted by molar-refractivity contribution is 0.579. The summed E-state index contributed by atoms with van der Waals surface area (Å²) in [5.74, 6) is 0. The van der Waals surface area contributed by atoms with Crippen molar-refractivity contribution in [3.8, 4) is 0 Å². The molecule has 1 aromatic rings. The van der Waals surface area contributed by atoms with Crippen molar-refractivity contribution in [1.29, 1.82) is 0 Å². The zero-order chi connectivity index (χ0) is 14.9. The summed E-state index contributed by atoms with van der Waals surface area (Å²) in [6.07, 6.45) is 10.3. The van der Waals surface area contributed by atoms with Gasteiger partial charge in [0, 0.05) is 0 Å². The molecule has 0 amide bonds. The summed E-state index contributed by atoms with van der Waals surface area (Å²) in [6, 6.07) is 7.25. The van der Waals surface area contributed by atoms with E-state index in [1.807, 2.05) is 19.1 Å². The quantitative estimate of drug-likeness (QED) is 0.813. The van der Waals surface area contributed by atoms with Crippen LogP contribution in [-0.4, -0.2) is 13.7 Å². The molecule has 3 heteroatoms. The van der Waals surface area contributed by atoms with E-state index in [-0.39, 0.29) is 5.25 Å². The normalized spacial score (nSPS) is 24.3. The molecule has 2 nitrogen and oxygen atoms in total. The molecule has 0 bridgehead atoms. The predicted molar refractivity (Wildman–Crippen MR) is 86.0 cm³/mol. The van der Waals surface area contributed by atoms with Crippen molar-refractivity contribution in [1.82, 2.24) is 0 Å². The van der Waals surface area contributed by atoms with Gasteiger partial charge in [0.1, 0.15) is 0 Å². The van der Waals surface area contributed by atoms with Gasteiger partial charge in [0.2, 0.25) is 0 Å². The molecule has 1 unspecified atom stereocenters. The van der Waals surface area contributed by atoms with Gasteiger partial charge in [0.25, 0.3) is 0 Å². The van der Waals surface area contributed by atoms with E-state index in [1.165, 1.54) is 24.0 Å². The lowest BCUT2D eigenvalue weighted by Gasteiger charge is -2.12. The lowest BCUT2D eigenvalue weighted by Crippen LogP contribution is -2.19. The number of allylic oxidation sites excluding steroid dienone is 4. The molecule has 0 fully saturated rings. The average molecular weight is 302 g/mol. The minimum atomic E-state index is -3.21. The Morgan fingerprint density at radius 2 is 1.81 bits per heavy atom. The van der Waals surface area contributed by atoms with Gasteiger partial charge >= 0.3 is 0 Å². The highest BCUT2D eigenvalue weighted by Crippen LogP contribution is 2.38. The van der Waals surface area contributed by atoms with Crippen LogP contribution in [0.25, 0.3) is 0 Å². The number of hydrogen-bond donors (Lipinski definition) is 0. The van der Waals surface area contributed by atoms with Crippen LogP contribution in [0, 0.1) is 6.92 Å². The maximum atomic E-state index is 12.8. The van der Waals surface area contributed by atoms with Crippen molar-refractivity contribution in [2.75, 3.05) is 0 Å². The van der Waals surface area contributed by atoms with Crippen LogP contribution in [0.2, 0.25) is 0 Å². The summed E-state index contributed by atoms with van der Waals surface area (Å²) in [4.78, 5) is 0.470. The van der Waals surface area contributed by atoms with E-state index in [0.29, 0.717) is 11.3 Å². The first-order valence-corrected chi connectivity index (χ1v) is 9.30. The molecule has 1 atom stereocenters. The third kappa shape index (κ3) is 2.98. The van der Waals surface area contributed by atoms with Gasteiger partial charge < -0.3 is 0 Å². The van der Waals surface area contributed by atoms with Crippen molar-refractivity contribution < 1.29 is 8.42 Å². The predicted octanol–water partition coefficient (Wildman–Crippen LogP) is 4.36. The summed E-state index contributed by atoms with van der Waals surface area (Å²) >= 11 is 0. The monoisotopic (exact) mass is 302 g/mol. The molecule has 0 saturated carbocycles. The molecule has 0 radical (unpaired) electrons. The third-order valence-electron chi connectivity index (χ3n) is 4.58. The van der Waals surface area contributed by atoms with Crippen LogP contribution in [-0.2, 0) is 9.84 Å². The summed E-state index contributed by atoms with van der Waals surface area (Å²) in [5.41, 5.74) is 3.73. The standard InChI is InChI=1S/C18H22O2S/c1-14-8-10-17(11-9-14)21(19,20)18-12-15-6-4-2-3-5-7-16(15)13-18/h4,6,8-11,18H,2-3,5,7,12-13H2,1H3/b6-4-. The Balaban J connectivity index is 1.84. The van der Waals surface area contributed by atoms with Crippen LogP contribution < -0.4 is 0 Å². The van der Waals surface area contributed by atoms with Crippen LogP contribution in [0.3, 0.4) is 0 Å². The number of aryl methyl sites for hydroxylation is 1. The topological polar surface area (TPSA) is 34.1 Å². The van der Waals surface area contributed by atoms with Crippen LogP contribution in [0.15, 0.2) is 52.5 Å². The van der Waals surface area contributed by atoms with Crippen molar-refractivity contribution >= 4 is 9.84 Å². The zero-order valence-corrected chi connectivity index (χ0v) is 13.3. The fourth-order valence-electron chi connectivity index (χ4n) is 3.28. The van der Waals surface area contributed by atoms with Gasteiger partial charge in [-0.25, -0.2) is 8.42 Å². The second kappa shape index (κ2) is 5.80. The molecule has 0 saturated heterocycles. The SMILES string of the molecule is Cc1ccc(S(=O)(=O)C2CC3=C(CCCC/C=C\3)C2)cc1. The summed E-state index contributed by atoms with van der Waals surface area (Å²) < 4.78 is 25.6. The number of hydrogen-bond acceptors (Lipinski definition) is 2. The Bertz CT molecular complexity index is 678. The maximum Gasteiger partial charge on any atom is 0.181 e. The van der Waals surface area contributed by atoms with E-state index >= 15 is 0 Å². The smallest absolute Gasteiger partial charge is 0.181 e. The zero-order valence-electron chi connectivity index (χ0n) is 12.5. The molecule has 2 aliphatic carbocycles. The first kappa shape index (κ1) is 14.6. The van der Waals surface area contributed by atoms with E-state index in [1.54, 1.807) is 12.1 Å². The largest absolute Gasteiger partial charge is 0.223 e. The van der Waals surface area contributed by atoms with Gasteiger partial charge in [-0.1, -0.05) is 35.4 Å². The Morgan fingerprint density at radius 1 is 1.05 bits per heavy atom. The van der Waals surface area contributed by atoms with E-state index in [4.69, 9.17) is 0 Å². The summed E-state index contributed by atoms with van der Waals surface area (Å²) in [5, 5.41) is -0.270. The highest BCUT2D eigenvalue weighted by Gasteiger charge is 2.34. The molecular formula is C18H22O2S. The first-order chi connectivity index (χ1) is 10.1. The van der Waals surface area contributed by atoms with E-state index in [9.17, 15) is 8.42 Å². The molecule has 3 rings (SSSR count). The van der Waals surface area contributed by atoms with Gasteiger partial charge in [-0.3, -0.25) is 0 Å². The number of sulfone groups is 1. The third-order valence-corrected chi connectivity index (χ3v) is 6.72. The fraction of sp³-hybridized carbons (Fsp3) is 0.444. The maximum absolute atomic E-state index is 12.8. The van der Waals surface area contributed by atoms with Crippen molar-refractivity contribution in [3.05, 3.63) is 53.1 Å². The number of rotatable bonds is 2. The molecule has 21 heavy (non-hydrogen) atoms. The Labute approximate surface area is 127 Å². The molecule has 2 aliphatic rings. The highest BCUT2D eigenvalue weighted by molar-refractivity contribution is 7.92. The number of benzene rings is 1. The second-order valence-electron chi connectivity index (χ2n) is 6.17. The van der Waals surface area contributed by atoms with Crippen molar-refractivity contribution in [2.45, 2.75) is 55.6 Å². The Hall–Kier alpha value is -1.35. The van der Waals surface area contributed by atoms with Gasteiger partial charge in [0.05, 0.1) is 10.1 Å². The first-order valence-electron chi connectivity index (χ1n) is 7.75. The molecule has 0 N–H and O–H groups in total. The molecular weight excluding hydrogens is 280 g/mol. The molecule has 0 spiro atoms.